The first kappa shape index (κ1) is 8.31. The van der Waals surface area contributed by atoms with E-state index in [0.29, 0.717) is 6.42 Å². The van der Waals surface area contributed by atoms with Gasteiger partial charge >= 0.3 is 0 Å². The van der Waals surface area contributed by atoms with E-state index in [0.717, 1.165) is 24.8 Å². The van der Waals surface area contributed by atoms with Gasteiger partial charge < -0.3 is 4.74 Å². The number of ketones is 1. The molecule has 0 aromatic carbocycles. The molecular weight excluding hydrogens is 140 g/mol. The Labute approximate surface area is 67.2 Å². The van der Waals surface area contributed by atoms with Crippen molar-refractivity contribution in [2.24, 2.45) is 0 Å². The van der Waals surface area contributed by atoms with Crippen molar-refractivity contribution in [3.8, 4) is 0 Å². The van der Waals surface area contributed by atoms with Crippen molar-refractivity contribution < 1.29 is 9.53 Å². The fourth-order valence-electron chi connectivity index (χ4n) is 1.34. The van der Waals surface area contributed by atoms with E-state index in [1.54, 1.807) is 13.4 Å². The molecule has 0 N–H and O–H groups in total. The number of Topliss-reactive ketones (excluding diaryl/α,β-unsaturated/α-hetero) is 1. The molecule has 1 saturated carbocycles. The molecule has 0 aromatic heterocycles. The minimum absolute atomic E-state index is 0.268. The van der Waals surface area contributed by atoms with Crippen LogP contribution in [0.2, 0.25) is 0 Å². The average Bonchev–Trinajstić information content (AvgIpc) is 2.18. The lowest BCUT2D eigenvalue weighted by molar-refractivity contribution is -0.115. The van der Waals surface area contributed by atoms with Gasteiger partial charge in [0, 0.05) is 12.0 Å². The third-order valence-corrected chi connectivity index (χ3v) is 1.97. The van der Waals surface area contributed by atoms with Gasteiger partial charge in [0.05, 0.1) is 13.4 Å². The molecule has 0 amide bonds. The topological polar surface area (TPSA) is 26.3 Å². The summed E-state index contributed by atoms with van der Waals surface area (Å²) in [5, 5.41) is 0. The van der Waals surface area contributed by atoms with Crippen molar-refractivity contribution in [3.05, 3.63) is 11.8 Å². The Balaban J connectivity index is 2.59. The normalized spacial score (nSPS) is 23.4. The van der Waals surface area contributed by atoms with Gasteiger partial charge in [-0.25, -0.2) is 0 Å². The van der Waals surface area contributed by atoms with Crippen LogP contribution in [0.25, 0.3) is 0 Å². The maximum absolute atomic E-state index is 11.3. The molecule has 2 nitrogen and oxygen atoms in total. The number of methoxy groups -OCH3 is 1. The van der Waals surface area contributed by atoms with E-state index in [1.807, 2.05) is 0 Å². The molecule has 1 aliphatic carbocycles. The molecule has 0 unspecified atom stereocenters. The maximum atomic E-state index is 11.3. The third kappa shape index (κ3) is 2.37. The number of hydrogen-bond donors (Lipinski definition) is 0. The Morgan fingerprint density at radius 3 is 2.73 bits per heavy atom. The van der Waals surface area contributed by atoms with Gasteiger partial charge in [0.25, 0.3) is 0 Å². The van der Waals surface area contributed by atoms with Crippen LogP contribution in [-0.2, 0) is 9.53 Å². The summed E-state index contributed by atoms with van der Waals surface area (Å²) in [7, 11) is 1.59. The van der Waals surface area contributed by atoms with Crippen LogP contribution < -0.4 is 0 Å². The number of carbonyl (C=O) groups is 1. The van der Waals surface area contributed by atoms with Crippen molar-refractivity contribution in [1.82, 2.24) is 0 Å². The highest BCUT2D eigenvalue weighted by Crippen LogP contribution is 2.18. The molecular formula is C9H14O2. The summed E-state index contributed by atoms with van der Waals surface area (Å²) in [5.41, 5.74) is 0.866. The second-order valence-electron chi connectivity index (χ2n) is 2.86. The van der Waals surface area contributed by atoms with Gasteiger partial charge in [-0.3, -0.25) is 4.79 Å². The van der Waals surface area contributed by atoms with Gasteiger partial charge in [-0.1, -0.05) is 6.42 Å². The van der Waals surface area contributed by atoms with Gasteiger partial charge in [0.2, 0.25) is 0 Å². The van der Waals surface area contributed by atoms with E-state index in [1.165, 1.54) is 6.42 Å². The second kappa shape index (κ2) is 4.16. The monoisotopic (exact) mass is 154 g/mol. The lowest BCUT2D eigenvalue weighted by Crippen LogP contribution is -1.99. The quantitative estimate of drug-likeness (QED) is 0.328. The lowest BCUT2D eigenvalue weighted by Gasteiger charge is -1.98. The Bertz CT molecular complexity index is 170. The first-order chi connectivity index (χ1) is 5.34. The Hall–Kier alpha value is -0.790. The third-order valence-electron chi connectivity index (χ3n) is 1.97. The first-order valence-electron chi connectivity index (χ1n) is 4.09. The average molecular weight is 154 g/mol. The number of allylic oxidation sites excluding steroid dienone is 1. The largest absolute Gasteiger partial charge is 0.504 e. The molecule has 0 spiro atoms. The molecule has 62 valence electrons. The fraction of sp³-hybridized carbons (Fsp3) is 0.667. The zero-order valence-corrected chi connectivity index (χ0v) is 6.93. The van der Waals surface area contributed by atoms with Crippen LogP contribution in [0.15, 0.2) is 11.8 Å². The minimum Gasteiger partial charge on any atom is -0.504 e. The van der Waals surface area contributed by atoms with Crippen molar-refractivity contribution >= 4 is 5.78 Å². The van der Waals surface area contributed by atoms with Crippen molar-refractivity contribution in [3.63, 3.8) is 0 Å². The van der Waals surface area contributed by atoms with Crippen LogP contribution in [0, 0.1) is 0 Å². The zero-order chi connectivity index (χ0) is 8.10. The van der Waals surface area contributed by atoms with Crippen LogP contribution >= 0.6 is 0 Å². The van der Waals surface area contributed by atoms with Crippen molar-refractivity contribution in [2.45, 2.75) is 32.1 Å². The van der Waals surface area contributed by atoms with E-state index in [9.17, 15) is 4.79 Å². The van der Waals surface area contributed by atoms with Crippen LogP contribution in [0.4, 0.5) is 0 Å². The van der Waals surface area contributed by atoms with E-state index < -0.39 is 0 Å². The molecule has 1 aliphatic rings. The second-order valence-corrected chi connectivity index (χ2v) is 2.86. The maximum Gasteiger partial charge on any atom is 0.161 e. The van der Waals surface area contributed by atoms with Crippen molar-refractivity contribution in [2.75, 3.05) is 7.11 Å². The van der Waals surface area contributed by atoms with Gasteiger partial charge in [-0.2, -0.15) is 0 Å². The van der Waals surface area contributed by atoms with Crippen LogP contribution in [0.5, 0.6) is 0 Å². The summed E-state index contributed by atoms with van der Waals surface area (Å²) in [6, 6.07) is 0. The van der Waals surface area contributed by atoms with Crippen molar-refractivity contribution in [1.29, 1.82) is 0 Å². The van der Waals surface area contributed by atoms with E-state index >= 15 is 0 Å². The van der Waals surface area contributed by atoms with E-state index in [2.05, 4.69) is 0 Å². The Morgan fingerprint density at radius 1 is 1.27 bits per heavy atom. The highest BCUT2D eigenvalue weighted by molar-refractivity contribution is 5.95. The summed E-state index contributed by atoms with van der Waals surface area (Å²) in [6.45, 7) is 0. The number of rotatable bonds is 1. The molecule has 0 atom stereocenters. The SMILES string of the molecule is COC=C1CCCCCC1=O. The number of carbonyl (C=O) groups excluding carboxylic acids is 1. The fourth-order valence-corrected chi connectivity index (χ4v) is 1.34. The predicted molar refractivity (Wildman–Crippen MR) is 43.2 cm³/mol. The standard InChI is InChI=1S/C9H14O2/c1-11-7-8-5-3-2-4-6-9(8)10/h7H,2-6H2,1H3. The Morgan fingerprint density at radius 2 is 2.00 bits per heavy atom. The highest BCUT2D eigenvalue weighted by atomic mass is 16.5. The summed E-state index contributed by atoms with van der Waals surface area (Å²) in [5.74, 6) is 0.268. The lowest BCUT2D eigenvalue weighted by atomic mass is 10.1. The molecule has 0 aromatic rings. The predicted octanol–water partition coefficient (Wildman–Crippen LogP) is 2.05. The molecule has 2 heteroatoms. The molecule has 1 fully saturated rings. The molecule has 0 bridgehead atoms. The molecule has 11 heavy (non-hydrogen) atoms. The van der Waals surface area contributed by atoms with E-state index in [4.69, 9.17) is 4.74 Å². The van der Waals surface area contributed by atoms with Gasteiger partial charge in [0.15, 0.2) is 5.78 Å². The molecule has 0 heterocycles. The minimum atomic E-state index is 0.268. The van der Waals surface area contributed by atoms with E-state index in [-0.39, 0.29) is 5.78 Å². The molecule has 0 saturated heterocycles. The molecule has 1 rings (SSSR count). The van der Waals surface area contributed by atoms with Crippen LogP contribution in [0.1, 0.15) is 32.1 Å². The summed E-state index contributed by atoms with van der Waals surface area (Å²) in [4.78, 5) is 11.3. The highest BCUT2D eigenvalue weighted by Gasteiger charge is 2.12. The van der Waals surface area contributed by atoms with Gasteiger partial charge in [0.1, 0.15) is 0 Å². The molecule has 0 radical (unpaired) electrons. The number of ether oxygens (including phenoxy) is 1. The summed E-state index contributed by atoms with van der Waals surface area (Å²) in [6.07, 6.45) is 6.53. The van der Waals surface area contributed by atoms with Gasteiger partial charge in [-0.15, -0.1) is 0 Å². The zero-order valence-electron chi connectivity index (χ0n) is 6.93. The van der Waals surface area contributed by atoms with Crippen LogP contribution in [-0.4, -0.2) is 12.9 Å². The summed E-state index contributed by atoms with van der Waals surface area (Å²) < 4.78 is 4.82. The summed E-state index contributed by atoms with van der Waals surface area (Å²) >= 11 is 0. The smallest absolute Gasteiger partial charge is 0.161 e. The van der Waals surface area contributed by atoms with Crippen LogP contribution in [0.3, 0.4) is 0 Å². The number of hydrogen-bond acceptors (Lipinski definition) is 2. The molecule has 0 aliphatic heterocycles. The van der Waals surface area contributed by atoms with Gasteiger partial charge in [-0.05, 0) is 19.3 Å². The Kier molecular flexibility index (Phi) is 3.14. The first-order valence-corrected chi connectivity index (χ1v) is 4.09.